The van der Waals surface area contributed by atoms with Crippen LogP contribution in [-0.2, 0) is 17.2 Å². The minimum atomic E-state index is 0.322. The van der Waals surface area contributed by atoms with Crippen LogP contribution < -0.4 is 0 Å². The Hall–Kier alpha value is -1.03. The molecular formula is C14H16Cl2N2O. The fourth-order valence-corrected chi connectivity index (χ4v) is 2.76. The number of hydrogen-bond acceptors (Lipinski definition) is 2. The number of nitrogens with zero attached hydrogens (tertiary/aromatic N) is 2. The predicted molar refractivity (Wildman–Crippen MR) is 78.3 cm³/mol. The average molecular weight is 299 g/mol. The van der Waals surface area contributed by atoms with Crippen molar-refractivity contribution in [3.05, 3.63) is 45.7 Å². The third-order valence-corrected chi connectivity index (χ3v) is 3.53. The molecular weight excluding hydrogens is 283 g/mol. The van der Waals surface area contributed by atoms with Crippen molar-refractivity contribution in [3.63, 3.8) is 0 Å². The lowest BCUT2D eigenvalue weighted by molar-refractivity contribution is 0.180. The molecule has 2 rings (SSSR count). The average Bonchev–Trinajstić information content (AvgIpc) is 2.65. The Morgan fingerprint density at radius 2 is 1.84 bits per heavy atom. The van der Waals surface area contributed by atoms with E-state index in [1.807, 2.05) is 26.0 Å². The fraction of sp³-hybridized carbons (Fsp3) is 0.357. The molecule has 102 valence electrons. The van der Waals surface area contributed by atoms with E-state index in [2.05, 4.69) is 11.2 Å². The summed E-state index contributed by atoms with van der Waals surface area (Å²) in [6.07, 6.45) is 0. The third-order valence-electron chi connectivity index (χ3n) is 2.87. The smallest absolute Gasteiger partial charge is 0.137 e. The Bertz CT molecular complexity index is 573. The number of benzene rings is 1. The van der Waals surface area contributed by atoms with Crippen LogP contribution in [0.1, 0.15) is 22.4 Å². The van der Waals surface area contributed by atoms with Crippen molar-refractivity contribution in [2.24, 2.45) is 0 Å². The molecule has 0 unspecified atom stereocenters. The highest BCUT2D eigenvalue weighted by atomic mass is 35.5. The SMILES string of the molecule is COCc1nn(-c2cc(C)cc(C)c2)c(Cl)c1CCl. The molecule has 0 radical (unpaired) electrons. The Labute approximate surface area is 123 Å². The van der Waals surface area contributed by atoms with Crippen molar-refractivity contribution in [3.8, 4) is 5.69 Å². The van der Waals surface area contributed by atoms with Gasteiger partial charge in [0.25, 0.3) is 0 Å². The molecule has 0 atom stereocenters. The summed E-state index contributed by atoms with van der Waals surface area (Å²) in [4.78, 5) is 0. The Morgan fingerprint density at radius 1 is 1.21 bits per heavy atom. The molecule has 0 N–H and O–H groups in total. The number of methoxy groups -OCH3 is 1. The van der Waals surface area contributed by atoms with E-state index in [4.69, 9.17) is 27.9 Å². The second kappa shape index (κ2) is 5.95. The van der Waals surface area contributed by atoms with Gasteiger partial charge in [0, 0.05) is 12.7 Å². The van der Waals surface area contributed by atoms with Crippen molar-refractivity contribution < 1.29 is 4.74 Å². The van der Waals surface area contributed by atoms with Crippen LogP contribution in [0.5, 0.6) is 0 Å². The van der Waals surface area contributed by atoms with Gasteiger partial charge in [-0.1, -0.05) is 17.7 Å². The van der Waals surface area contributed by atoms with Gasteiger partial charge in [-0.3, -0.25) is 0 Å². The predicted octanol–water partition coefficient (Wildman–Crippen LogP) is 4.03. The number of rotatable bonds is 4. The third kappa shape index (κ3) is 2.94. The molecule has 19 heavy (non-hydrogen) atoms. The van der Waals surface area contributed by atoms with Gasteiger partial charge in [-0.25, -0.2) is 4.68 Å². The number of ether oxygens (including phenoxy) is 1. The van der Waals surface area contributed by atoms with E-state index in [1.54, 1.807) is 11.8 Å². The summed E-state index contributed by atoms with van der Waals surface area (Å²) in [5.41, 5.74) is 4.88. The van der Waals surface area contributed by atoms with E-state index in [-0.39, 0.29) is 0 Å². The minimum Gasteiger partial charge on any atom is -0.378 e. The minimum absolute atomic E-state index is 0.322. The molecule has 2 aromatic rings. The molecule has 1 aromatic carbocycles. The summed E-state index contributed by atoms with van der Waals surface area (Å²) in [7, 11) is 1.63. The summed E-state index contributed by atoms with van der Waals surface area (Å²) < 4.78 is 6.84. The van der Waals surface area contributed by atoms with Crippen molar-refractivity contribution in [1.82, 2.24) is 9.78 Å². The van der Waals surface area contributed by atoms with Crippen LogP contribution in [0.3, 0.4) is 0 Å². The number of hydrogen-bond donors (Lipinski definition) is 0. The number of halogens is 2. The first-order valence-electron chi connectivity index (χ1n) is 5.96. The molecule has 3 nitrogen and oxygen atoms in total. The van der Waals surface area contributed by atoms with E-state index >= 15 is 0 Å². The number of aromatic nitrogens is 2. The van der Waals surface area contributed by atoms with Gasteiger partial charge in [0.1, 0.15) is 5.15 Å². The summed E-state index contributed by atoms with van der Waals surface area (Å²) in [6, 6.07) is 6.19. The van der Waals surface area contributed by atoms with Crippen molar-refractivity contribution in [1.29, 1.82) is 0 Å². The summed E-state index contributed by atoms with van der Waals surface area (Å²) >= 11 is 12.3. The van der Waals surface area contributed by atoms with Gasteiger partial charge in [-0.15, -0.1) is 11.6 Å². The quantitative estimate of drug-likeness (QED) is 0.797. The summed E-state index contributed by atoms with van der Waals surface area (Å²) in [5, 5.41) is 5.05. The van der Waals surface area contributed by atoms with Crippen LogP contribution in [-0.4, -0.2) is 16.9 Å². The van der Waals surface area contributed by atoms with E-state index in [0.717, 1.165) is 16.9 Å². The van der Waals surface area contributed by atoms with E-state index < -0.39 is 0 Å². The lowest BCUT2D eigenvalue weighted by Gasteiger charge is -2.06. The Kier molecular flexibility index (Phi) is 4.50. The maximum absolute atomic E-state index is 6.37. The molecule has 0 saturated heterocycles. The fourth-order valence-electron chi connectivity index (χ4n) is 2.10. The standard InChI is InChI=1S/C14H16Cl2N2O/c1-9-4-10(2)6-11(5-9)18-14(16)12(7-15)13(17-18)8-19-3/h4-6H,7-8H2,1-3H3. The van der Waals surface area contributed by atoms with Crippen LogP contribution in [0, 0.1) is 13.8 Å². The number of alkyl halides is 1. The largest absolute Gasteiger partial charge is 0.378 e. The molecule has 5 heteroatoms. The van der Waals surface area contributed by atoms with E-state index in [1.165, 1.54) is 11.1 Å². The number of aryl methyl sites for hydroxylation is 2. The molecule has 1 aromatic heterocycles. The second-order valence-electron chi connectivity index (χ2n) is 4.54. The van der Waals surface area contributed by atoms with Crippen molar-refractivity contribution in [2.75, 3.05) is 7.11 Å². The van der Waals surface area contributed by atoms with Crippen LogP contribution in [0.25, 0.3) is 5.69 Å². The topological polar surface area (TPSA) is 27.1 Å². The van der Waals surface area contributed by atoms with Gasteiger partial charge in [-0.2, -0.15) is 5.10 Å². The van der Waals surface area contributed by atoms with Gasteiger partial charge in [0.2, 0.25) is 0 Å². The molecule has 0 aliphatic carbocycles. The zero-order valence-electron chi connectivity index (χ0n) is 11.2. The summed E-state index contributed by atoms with van der Waals surface area (Å²) in [6.45, 7) is 4.50. The molecule has 0 aliphatic heterocycles. The highest BCUT2D eigenvalue weighted by Gasteiger charge is 2.16. The van der Waals surface area contributed by atoms with E-state index in [9.17, 15) is 0 Å². The highest BCUT2D eigenvalue weighted by molar-refractivity contribution is 6.31. The van der Waals surface area contributed by atoms with Crippen molar-refractivity contribution >= 4 is 23.2 Å². The molecule has 0 aliphatic rings. The first kappa shape index (κ1) is 14.4. The lowest BCUT2D eigenvalue weighted by atomic mass is 10.1. The van der Waals surface area contributed by atoms with Crippen LogP contribution >= 0.6 is 23.2 Å². The molecule has 0 saturated carbocycles. The van der Waals surface area contributed by atoms with Gasteiger partial charge in [0.15, 0.2) is 0 Å². The first-order chi connectivity index (χ1) is 9.06. The van der Waals surface area contributed by atoms with Gasteiger partial charge < -0.3 is 4.74 Å². The molecule has 1 heterocycles. The Morgan fingerprint density at radius 3 is 2.37 bits per heavy atom. The molecule has 0 amide bonds. The van der Waals surface area contributed by atoms with Gasteiger partial charge in [-0.05, 0) is 37.1 Å². The monoisotopic (exact) mass is 298 g/mol. The van der Waals surface area contributed by atoms with E-state index in [0.29, 0.717) is 17.6 Å². The zero-order chi connectivity index (χ0) is 14.0. The van der Waals surface area contributed by atoms with Gasteiger partial charge in [0.05, 0.1) is 23.9 Å². The highest BCUT2D eigenvalue weighted by Crippen LogP contribution is 2.26. The lowest BCUT2D eigenvalue weighted by Crippen LogP contribution is -1.99. The molecule has 0 bridgehead atoms. The second-order valence-corrected chi connectivity index (χ2v) is 5.17. The van der Waals surface area contributed by atoms with Crippen LogP contribution in [0.4, 0.5) is 0 Å². The van der Waals surface area contributed by atoms with Gasteiger partial charge >= 0.3 is 0 Å². The first-order valence-corrected chi connectivity index (χ1v) is 6.88. The maximum atomic E-state index is 6.37. The maximum Gasteiger partial charge on any atom is 0.137 e. The Balaban J connectivity index is 2.55. The zero-order valence-corrected chi connectivity index (χ0v) is 12.7. The summed E-state index contributed by atoms with van der Waals surface area (Å²) in [5.74, 6) is 0.322. The van der Waals surface area contributed by atoms with Crippen LogP contribution in [0.15, 0.2) is 18.2 Å². The molecule has 0 spiro atoms. The van der Waals surface area contributed by atoms with Crippen LogP contribution in [0.2, 0.25) is 5.15 Å². The molecule has 0 fully saturated rings. The normalized spacial score (nSPS) is 11.0. The van der Waals surface area contributed by atoms with Crippen molar-refractivity contribution in [2.45, 2.75) is 26.3 Å².